The van der Waals surface area contributed by atoms with Crippen molar-refractivity contribution in [3.8, 4) is 0 Å². The van der Waals surface area contributed by atoms with E-state index in [1.54, 1.807) is 0 Å². The van der Waals surface area contributed by atoms with E-state index in [0.29, 0.717) is 0 Å². The molecule has 3 heteroatoms. The molecule has 1 heterocycles. The Hall–Kier alpha value is -1.61. The van der Waals surface area contributed by atoms with E-state index < -0.39 is 0 Å². The van der Waals surface area contributed by atoms with E-state index in [2.05, 4.69) is 17.1 Å². The minimum atomic E-state index is -0.0114. The molecule has 88 valence electrons. The van der Waals surface area contributed by atoms with Gasteiger partial charge in [-0.3, -0.25) is 4.79 Å². The molecule has 0 spiro atoms. The zero-order valence-electron chi connectivity index (χ0n) is 9.92. The summed E-state index contributed by atoms with van der Waals surface area (Å²) in [4.78, 5) is 14.4. The Morgan fingerprint density at radius 1 is 1.35 bits per heavy atom. The second-order valence-corrected chi connectivity index (χ2v) is 5.24. The quantitative estimate of drug-likeness (QED) is 0.824. The van der Waals surface area contributed by atoms with Gasteiger partial charge in [-0.05, 0) is 55.3 Å². The summed E-state index contributed by atoms with van der Waals surface area (Å²) in [6, 6.07) is 8.09. The van der Waals surface area contributed by atoms with Crippen molar-refractivity contribution in [3.05, 3.63) is 45.7 Å². The standard InChI is InChI=1S/C14H16N2O/c1-9-6-11-7-10(8-14(15)4-5-14)2-3-12(11)16-13(9)17/h2-3,6-7H,4-5,8,15H2,1H3,(H,16,17). The molecule has 3 nitrogen and oxygen atoms in total. The molecule has 1 aliphatic rings. The fraction of sp³-hybridized carbons (Fsp3) is 0.357. The van der Waals surface area contributed by atoms with Crippen LogP contribution in [-0.4, -0.2) is 10.5 Å². The minimum Gasteiger partial charge on any atom is -0.325 e. The molecule has 3 rings (SSSR count). The van der Waals surface area contributed by atoms with Crippen molar-refractivity contribution in [2.45, 2.75) is 31.7 Å². The molecule has 17 heavy (non-hydrogen) atoms. The second-order valence-electron chi connectivity index (χ2n) is 5.24. The first kappa shape index (κ1) is 10.5. The lowest BCUT2D eigenvalue weighted by Crippen LogP contribution is -2.24. The lowest BCUT2D eigenvalue weighted by Gasteiger charge is -2.09. The van der Waals surface area contributed by atoms with Gasteiger partial charge in [-0.2, -0.15) is 0 Å². The number of H-pyrrole nitrogens is 1. The monoisotopic (exact) mass is 228 g/mol. The van der Waals surface area contributed by atoms with E-state index in [0.717, 1.165) is 35.7 Å². The summed E-state index contributed by atoms with van der Waals surface area (Å²) in [6.45, 7) is 1.83. The predicted octanol–water partition coefficient (Wildman–Crippen LogP) is 1.87. The number of aromatic nitrogens is 1. The summed E-state index contributed by atoms with van der Waals surface area (Å²) >= 11 is 0. The number of fused-ring (bicyclic) bond motifs is 1. The van der Waals surface area contributed by atoms with E-state index in [1.807, 2.05) is 19.1 Å². The zero-order chi connectivity index (χ0) is 12.0. The van der Waals surface area contributed by atoms with Gasteiger partial charge in [0.2, 0.25) is 0 Å². The highest BCUT2D eigenvalue weighted by Gasteiger charge is 2.37. The maximum absolute atomic E-state index is 11.5. The van der Waals surface area contributed by atoms with Crippen LogP contribution in [0.4, 0.5) is 0 Å². The fourth-order valence-electron chi connectivity index (χ4n) is 2.22. The van der Waals surface area contributed by atoms with Crippen molar-refractivity contribution < 1.29 is 0 Å². The lowest BCUT2D eigenvalue weighted by molar-refractivity contribution is 0.672. The molecule has 1 saturated carbocycles. The average molecular weight is 228 g/mol. The molecular formula is C14H16N2O. The largest absolute Gasteiger partial charge is 0.325 e. The van der Waals surface area contributed by atoms with Crippen molar-refractivity contribution in [3.63, 3.8) is 0 Å². The van der Waals surface area contributed by atoms with Gasteiger partial charge in [-0.15, -0.1) is 0 Å². The number of pyridine rings is 1. The molecule has 0 atom stereocenters. The van der Waals surface area contributed by atoms with Crippen LogP contribution in [-0.2, 0) is 6.42 Å². The van der Waals surface area contributed by atoms with E-state index in [4.69, 9.17) is 5.73 Å². The van der Waals surface area contributed by atoms with Gasteiger partial charge in [0, 0.05) is 16.6 Å². The number of rotatable bonds is 2. The maximum atomic E-state index is 11.5. The molecule has 0 unspecified atom stereocenters. The Morgan fingerprint density at radius 3 is 2.82 bits per heavy atom. The van der Waals surface area contributed by atoms with Gasteiger partial charge in [0.25, 0.3) is 5.56 Å². The first-order valence-corrected chi connectivity index (χ1v) is 5.97. The van der Waals surface area contributed by atoms with Gasteiger partial charge in [-0.1, -0.05) is 6.07 Å². The highest BCUT2D eigenvalue weighted by Crippen LogP contribution is 2.35. The molecule has 1 aromatic heterocycles. The van der Waals surface area contributed by atoms with Crippen LogP contribution >= 0.6 is 0 Å². The van der Waals surface area contributed by atoms with Gasteiger partial charge in [0.1, 0.15) is 0 Å². The summed E-state index contributed by atoms with van der Waals surface area (Å²) in [6.07, 6.45) is 3.17. The molecule has 0 aliphatic heterocycles. The number of aryl methyl sites for hydroxylation is 1. The summed E-state index contributed by atoms with van der Waals surface area (Å²) < 4.78 is 0. The van der Waals surface area contributed by atoms with Gasteiger partial charge in [0.05, 0.1) is 0 Å². The van der Waals surface area contributed by atoms with Crippen LogP contribution in [0.3, 0.4) is 0 Å². The van der Waals surface area contributed by atoms with Gasteiger partial charge >= 0.3 is 0 Å². The Morgan fingerprint density at radius 2 is 2.12 bits per heavy atom. The molecule has 1 aromatic carbocycles. The number of aromatic amines is 1. The summed E-state index contributed by atoms with van der Waals surface area (Å²) in [7, 11) is 0. The normalized spacial score (nSPS) is 17.3. The fourth-order valence-corrected chi connectivity index (χ4v) is 2.22. The summed E-state index contributed by atoms with van der Waals surface area (Å²) in [5, 5.41) is 1.09. The van der Waals surface area contributed by atoms with Crippen LogP contribution in [0.25, 0.3) is 10.9 Å². The molecule has 0 radical (unpaired) electrons. The Labute approximate surface area is 99.7 Å². The van der Waals surface area contributed by atoms with Crippen LogP contribution in [0.5, 0.6) is 0 Å². The number of hydrogen-bond donors (Lipinski definition) is 2. The van der Waals surface area contributed by atoms with Crippen molar-refractivity contribution >= 4 is 10.9 Å². The van der Waals surface area contributed by atoms with E-state index in [1.165, 1.54) is 5.56 Å². The first-order chi connectivity index (χ1) is 8.06. The van der Waals surface area contributed by atoms with Crippen molar-refractivity contribution in [2.24, 2.45) is 5.73 Å². The third-order valence-electron chi connectivity index (χ3n) is 3.54. The molecule has 0 saturated heterocycles. The highest BCUT2D eigenvalue weighted by atomic mass is 16.1. The molecule has 1 fully saturated rings. The predicted molar refractivity (Wildman–Crippen MR) is 69.2 cm³/mol. The molecular weight excluding hydrogens is 212 g/mol. The maximum Gasteiger partial charge on any atom is 0.251 e. The van der Waals surface area contributed by atoms with E-state index in [9.17, 15) is 4.79 Å². The van der Waals surface area contributed by atoms with Crippen LogP contribution < -0.4 is 11.3 Å². The number of nitrogens with one attached hydrogen (secondary N) is 1. The van der Waals surface area contributed by atoms with Crippen LogP contribution in [0.1, 0.15) is 24.0 Å². The topological polar surface area (TPSA) is 58.9 Å². The Bertz CT molecular complexity index is 638. The molecule has 1 aliphatic carbocycles. The third kappa shape index (κ3) is 1.98. The second kappa shape index (κ2) is 3.44. The number of nitrogens with two attached hydrogens (primary N) is 1. The van der Waals surface area contributed by atoms with Crippen molar-refractivity contribution in [1.82, 2.24) is 4.98 Å². The first-order valence-electron chi connectivity index (χ1n) is 5.97. The molecule has 2 aromatic rings. The average Bonchev–Trinajstić information content (AvgIpc) is 2.98. The lowest BCUT2D eigenvalue weighted by atomic mass is 10.0. The van der Waals surface area contributed by atoms with Gasteiger partial charge < -0.3 is 10.7 Å². The molecule has 0 amide bonds. The molecule has 0 bridgehead atoms. The van der Waals surface area contributed by atoms with E-state index in [-0.39, 0.29) is 11.1 Å². The minimum absolute atomic E-state index is 0.0114. The van der Waals surface area contributed by atoms with E-state index >= 15 is 0 Å². The van der Waals surface area contributed by atoms with Crippen LogP contribution in [0.2, 0.25) is 0 Å². The van der Waals surface area contributed by atoms with Gasteiger partial charge in [-0.25, -0.2) is 0 Å². The van der Waals surface area contributed by atoms with Gasteiger partial charge in [0.15, 0.2) is 0 Å². The number of hydrogen-bond acceptors (Lipinski definition) is 2. The zero-order valence-corrected chi connectivity index (χ0v) is 9.92. The summed E-state index contributed by atoms with van der Waals surface area (Å²) in [5.41, 5.74) is 9.04. The number of benzene rings is 1. The van der Waals surface area contributed by atoms with Crippen LogP contribution in [0, 0.1) is 6.92 Å². The van der Waals surface area contributed by atoms with Crippen molar-refractivity contribution in [1.29, 1.82) is 0 Å². The smallest absolute Gasteiger partial charge is 0.251 e. The third-order valence-corrected chi connectivity index (χ3v) is 3.54. The highest BCUT2D eigenvalue weighted by molar-refractivity contribution is 5.79. The van der Waals surface area contributed by atoms with Crippen molar-refractivity contribution in [2.75, 3.05) is 0 Å². The summed E-state index contributed by atoms with van der Waals surface area (Å²) in [5.74, 6) is 0. The SMILES string of the molecule is Cc1cc2cc(CC3(N)CC3)ccc2[nH]c1=O. The Kier molecular flexibility index (Phi) is 2.13. The molecule has 3 N–H and O–H groups in total. The van der Waals surface area contributed by atoms with Crippen LogP contribution in [0.15, 0.2) is 29.1 Å². The Balaban J connectivity index is 2.06.